The number of hydrogen-bond acceptors (Lipinski definition) is 5. The average molecular weight is 551 g/mol. The van der Waals surface area contributed by atoms with E-state index in [-0.39, 0.29) is 5.56 Å². The van der Waals surface area contributed by atoms with Crippen LogP contribution < -0.4 is 10.3 Å². The smallest absolute Gasteiger partial charge is 0.490 e. The van der Waals surface area contributed by atoms with E-state index in [0.29, 0.717) is 16.7 Å². The van der Waals surface area contributed by atoms with E-state index in [1.165, 1.54) is 0 Å². The molecule has 0 atom stereocenters. The number of ether oxygens (including phenoxy) is 1. The molecule has 35 heavy (non-hydrogen) atoms. The van der Waals surface area contributed by atoms with Gasteiger partial charge < -0.3 is 19.4 Å². The molecule has 0 aliphatic rings. The van der Waals surface area contributed by atoms with E-state index in [4.69, 9.17) is 14.6 Å². The molecule has 4 rings (SSSR count). The van der Waals surface area contributed by atoms with Gasteiger partial charge in [0.25, 0.3) is 5.56 Å². The first-order valence-electron chi connectivity index (χ1n) is 9.84. The Balaban J connectivity index is 0.000000429. The Morgan fingerprint density at radius 3 is 2.51 bits per heavy atom. The van der Waals surface area contributed by atoms with Crippen molar-refractivity contribution in [2.45, 2.75) is 13.1 Å². The zero-order valence-corrected chi connectivity index (χ0v) is 19.9. The first kappa shape index (κ1) is 25.7. The van der Waals surface area contributed by atoms with Gasteiger partial charge in [-0.25, -0.2) is 14.8 Å². The van der Waals surface area contributed by atoms with Gasteiger partial charge in [0.1, 0.15) is 11.6 Å². The number of H-pyrrole nitrogens is 1. The summed E-state index contributed by atoms with van der Waals surface area (Å²) >= 11 is 3.41. The third kappa shape index (κ3) is 6.57. The first-order chi connectivity index (χ1) is 16.5. The summed E-state index contributed by atoms with van der Waals surface area (Å²) in [6, 6.07) is 11.3. The van der Waals surface area contributed by atoms with Crippen LogP contribution in [0.4, 0.5) is 13.2 Å². The highest BCUT2D eigenvalue weighted by molar-refractivity contribution is 9.10. The number of aliphatic carboxylic acids is 1. The van der Waals surface area contributed by atoms with E-state index in [1.54, 1.807) is 25.6 Å². The number of carboxylic acids is 1. The maximum atomic E-state index is 12.3. The van der Waals surface area contributed by atoms with Crippen LogP contribution in [0.5, 0.6) is 5.75 Å². The van der Waals surface area contributed by atoms with Crippen molar-refractivity contribution in [3.8, 4) is 11.4 Å². The van der Waals surface area contributed by atoms with Gasteiger partial charge in [-0.3, -0.25) is 4.79 Å². The topological polar surface area (TPSA) is 110 Å². The summed E-state index contributed by atoms with van der Waals surface area (Å²) in [6.07, 6.45) is 2.27. The van der Waals surface area contributed by atoms with Gasteiger partial charge in [-0.1, -0.05) is 28.1 Å². The maximum absolute atomic E-state index is 12.3. The molecule has 0 saturated heterocycles. The Labute approximate surface area is 204 Å². The van der Waals surface area contributed by atoms with Crippen LogP contribution in [-0.2, 0) is 4.79 Å². The maximum Gasteiger partial charge on any atom is 0.490 e. The van der Waals surface area contributed by atoms with E-state index in [1.807, 2.05) is 54.1 Å². The van der Waals surface area contributed by atoms with E-state index in [2.05, 4.69) is 30.9 Å². The lowest BCUT2D eigenvalue weighted by atomic mass is 10.1. The largest absolute Gasteiger partial charge is 0.495 e. The predicted octanol–water partition coefficient (Wildman–Crippen LogP) is 4.99. The molecule has 0 bridgehead atoms. The van der Waals surface area contributed by atoms with Crippen LogP contribution in [0.25, 0.3) is 28.7 Å². The molecule has 182 valence electrons. The summed E-state index contributed by atoms with van der Waals surface area (Å²) in [5, 5.41) is 7.68. The van der Waals surface area contributed by atoms with Crippen LogP contribution in [0.1, 0.15) is 17.1 Å². The number of aryl methyl sites for hydroxylation is 1. The summed E-state index contributed by atoms with van der Waals surface area (Å²) in [5.41, 5.74) is 3.24. The van der Waals surface area contributed by atoms with Crippen molar-refractivity contribution < 1.29 is 27.8 Å². The Kier molecular flexibility index (Phi) is 7.75. The van der Waals surface area contributed by atoms with Crippen molar-refractivity contribution in [3.05, 3.63) is 80.8 Å². The molecule has 0 unspecified atom stereocenters. The molecule has 4 aromatic rings. The number of carbonyl (C=O) groups is 1. The molecule has 12 heteroatoms. The van der Waals surface area contributed by atoms with Crippen molar-refractivity contribution in [2.75, 3.05) is 7.11 Å². The Morgan fingerprint density at radius 2 is 1.91 bits per heavy atom. The van der Waals surface area contributed by atoms with Gasteiger partial charge in [-0.15, -0.1) is 0 Å². The molecule has 0 saturated carbocycles. The molecule has 0 aliphatic carbocycles. The fourth-order valence-electron chi connectivity index (χ4n) is 2.95. The molecule has 2 aromatic carbocycles. The Morgan fingerprint density at radius 1 is 1.20 bits per heavy atom. The van der Waals surface area contributed by atoms with E-state index >= 15 is 0 Å². The number of hydrogen-bond donors (Lipinski definition) is 2. The number of benzene rings is 2. The zero-order valence-electron chi connectivity index (χ0n) is 18.3. The van der Waals surface area contributed by atoms with Crippen LogP contribution in [0.15, 0.2) is 58.2 Å². The van der Waals surface area contributed by atoms with Crippen LogP contribution in [0, 0.1) is 6.92 Å². The standard InChI is InChI=1S/C21H17BrN4O2.C2HF3O2/c1-13-11-26(12-23-13)18-7-3-14(9-19(18)28-2)4-8-20-24-17-10-15(22)5-6-16(17)21(27)25-20;3-2(4,5)1(6)7/h3-12H,1-2H3,(H,24,25,27);(H,6,7). The molecule has 0 spiro atoms. The minimum Gasteiger partial charge on any atom is -0.495 e. The van der Waals surface area contributed by atoms with Gasteiger partial charge in [-0.05, 0) is 48.9 Å². The van der Waals surface area contributed by atoms with Crippen LogP contribution >= 0.6 is 15.9 Å². The Bertz CT molecular complexity index is 1460. The monoisotopic (exact) mass is 550 g/mol. The van der Waals surface area contributed by atoms with Crippen molar-refractivity contribution in [3.63, 3.8) is 0 Å². The molecule has 0 aliphatic heterocycles. The number of fused-ring (bicyclic) bond motifs is 1. The fraction of sp³-hybridized carbons (Fsp3) is 0.130. The number of nitrogens with zero attached hydrogens (tertiary/aromatic N) is 3. The van der Waals surface area contributed by atoms with Crippen molar-refractivity contribution in [1.29, 1.82) is 0 Å². The highest BCUT2D eigenvalue weighted by Crippen LogP contribution is 2.25. The highest BCUT2D eigenvalue weighted by atomic mass is 79.9. The number of nitrogens with one attached hydrogen (secondary N) is 1. The number of aromatic amines is 1. The second kappa shape index (κ2) is 10.6. The van der Waals surface area contributed by atoms with Gasteiger partial charge in [0.2, 0.25) is 0 Å². The van der Waals surface area contributed by atoms with Gasteiger partial charge >= 0.3 is 12.1 Å². The molecule has 8 nitrogen and oxygen atoms in total. The lowest BCUT2D eigenvalue weighted by molar-refractivity contribution is -0.192. The number of methoxy groups -OCH3 is 1. The van der Waals surface area contributed by atoms with Gasteiger partial charge in [0, 0.05) is 10.7 Å². The lowest BCUT2D eigenvalue weighted by Crippen LogP contribution is -2.21. The van der Waals surface area contributed by atoms with Crippen LogP contribution in [0.3, 0.4) is 0 Å². The summed E-state index contributed by atoms with van der Waals surface area (Å²) in [7, 11) is 1.64. The third-order valence-electron chi connectivity index (χ3n) is 4.56. The van der Waals surface area contributed by atoms with Gasteiger partial charge in [0.05, 0.1) is 35.7 Å². The van der Waals surface area contributed by atoms with Crippen molar-refractivity contribution in [1.82, 2.24) is 19.5 Å². The fourth-order valence-corrected chi connectivity index (χ4v) is 3.30. The quantitative estimate of drug-likeness (QED) is 0.370. The average Bonchev–Trinajstić information content (AvgIpc) is 3.23. The van der Waals surface area contributed by atoms with Crippen LogP contribution in [-0.4, -0.2) is 43.9 Å². The molecule has 2 heterocycles. The number of alkyl halides is 3. The van der Waals surface area contributed by atoms with Gasteiger partial charge in [-0.2, -0.15) is 13.2 Å². The van der Waals surface area contributed by atoms with E-state index < -0.39 is 12.1 Å². The molecule has 0 radical (unpaired) electrons. The number of carboxylic acid groups (broad SMARTS) is 1. The molecular weight excluding hydrogens is 533 g/mol. The summed E-state index contributed by atoms with van der Waals surface area (Å²) in [5.74, 6) is -1.54. The highest BCUT2D eigenvalue weighted by Gasteiger charge is 2.38. The molecule has 2 N–H and O–H groups in total. The van der Waals surface area contributed by atoms with E-state index in [0.717, 1.165) is 27.2 Å². The number of rotatable bonds is 4. The zero-order chi connectivity index (χ0) is 25.8. The number of halogens is 4. The third-order valence-corrected chi connectivity index (χ3v) is 5.05. The second-order valence-corrected chi connectivity index (χ2v) is 8.02. The summed E-state index contributed by atoms with van der Waals surface area (Å²) < 4.78 is 40.1. The first-order valence-corrected chi connectivity index (χ1v) is 10.6. The van der Waals surface area contributed by atoms with Gasteiger partial charge in [0.15, 0.2) is 0 Å². The normalized spacial score (nSPS) is 11.4. The van der Waals surface area contributed by atoms with Crippen LogP contribution in [0.2, 0.25) is 0 Å². The molecule has 2 aromatic heterocycles. The summed E-state index contributed by atoms with van der Waals surface area (Å²) in [4.78, 5) is 32.7. The van der Waals surface area contributed by atoms with Crippen molar-refractivity contribution in [2.24, 2.45) is 0 Å². The molecule has 0 fully saturated rings. The Hall–Kier alpha value is -3.93. The minimum atomic E-state index is -5.08. The summed E-state index contributed by atoms with van der Waals surface area (Å²) in [6.45, 7) is 1.94. The molecule has 0 amide bonds. The number of aromatic nitrogens is 4. The van der Waals surface area contributed by atoms with Crippen molar-refractivity contribution >= 4 is 45.0 Å². The number of imidazole rings is 1. The predicted molar refractivity (Wildman–Crippen MR) is 128 cm³/mol. The van der Waals surface area contributed by atoms with E-state index in [9.17, 15) is 18.0 Å². The minimum absolute atomic E-state index is 0.166. The lowest BCUT2D eigenvalue weighted by Gasteiger charge is -2.10. The SMILES string of the molecule is COc1cc(C=Cc2nc3cc(Br)ccc3c(=O)[nH]2)ccc1-n1cnc(C)c1.O=C(O)C(F)(F)F. The molecular formula is C23H18BrF3N4O4. The second-order valence-electron chi connectivity index (χ2n) is 7.10.